The summed E-state index contributed by atoms with van der Waals surface area (Å²) in [7, 11) is 0. The number of hydrogen-bond donors (Lipinski definition) is 1. The second-order valence-corrected chi connectivity index (χ2v) is 6.36. The molecule has 3 heteroatoms. The van der Waals surface area contributed by atoms with Crippen LogP contribution in [-0.2, 0) is 4.74 Å². The molecule has 0 bridgehead atoms. The van der Waals surface area contributed by atoms with Crippen LogP contribution in [0.5, 0.6) is 0 Å². The smallest absolute Gasteiger partial charge is 0.0483 e. The fourth-order valence-corrected chi connectivity index (χ4v) is 3.23. The number of nitrogens with zero attached hydrogens (tertiary/aromatic N) is 1. The van der Waals surface area contributed by atoms with Crippen molar-refractivity contribution in [3.63, 3.8) is 0 Å². The van der Waals surface area contributed by atoms with Crippen molar-refractivity contribution in [1.29, 1.82) is 0 Å². The summed E-state index contributed by atoms with van der Waals surface area (Å²) < 4.78 is 5.54. The molecule has 0 aromatic rings. The van der Waals surface area contributed by atoms with Gasteiger partial charge in [-0.1, -0.05) is 20.3 Å². The highest BCUT2D eigenvalue weighted by Crippen LogP contribution is 2.29. The Bertz CT molecular complexity index is 251. The summed E-state index contributed by atoms with van der Waals surface area (Å²) in [6.45, 7) is 12.6. The first-order chi connectivity index (χ1) is 8.65. The van der Waals surface area contributed by atoms with Crippen molar-refractivity contribution in [2.75, 3.05) is 32.8 Å². The average Bonchev–Trinajstić information content (AvgIpc) is 2.65. The molecule has 3 nitrogen and oxygen atoms in total. The zero-order valence-corrected chi connectivity index (χ0v) is 12.4. The van der Waals surface area contributed by atoms with Gasteiger partial charge in [-0.3, -0.25) is 4.90 Å². The third-order valence-electron chi connectivity index (χ3n) is 5.09. The van der Waals surface area contributed by atoms with E-state index in [1.165, 1.54) is 45.3 Å². The zero-order chi connectivity index (χ0) is 13.0. The van der Waals surface area contributed by atoms with Crippen molar-refractivity contribution in [2.45, 2.75) is 58.0 Å². The molecule has 0 radical (unpaired) electrons. The molecule has 2 rings (SSSR count). The average molecular weight is 254 g/mol. The quantitative estimate of drug-likeness (QED) is 0.836. The predicted molar refractivity (Wildman–Crippen MR) is 75.9 cm³/mol. The highest BCUT2D eigenvalue weighted by molar-refractivity contribution is 4.92. The lowest BCUT2D eigenvalue weighted by Gasteiger charge is -2.45. The van der Waals surface area contributed by atoms with Gasteiger partial charge in [0.1, 0.15) is 0 Å². The van der Waals surface area contributed by atoms with Crippen molar-refractivity contribution in [3.05, 3.63) is 0 Å². The molecule has 2 aliphatic heterocycles. The zero-order valence-electron chi connectivity index (χ0n) is 12.4. The Labute approximate surface area is 112 Å². The van der Waals surface area contributed by atoms with Gasteiger partial charge in [-0.15, -0.1) is 0 Å². The molecule has 2 fully saturated rings. The van der Waals surface area contributed by atoms with Crippen LogP contribution in [0.3, 0.4) is 0 Å². The maximum absolute atomic E-state index is 5.54. The Hall–Kier alpha value is -0.120. The van der Waals surface area contributed by atoms with Crippen LogP contribution in [0.2, 0.25) is 0 Å². The number of ether oxygens (including phenoxy) is 1. The van der Waals surface area contributed by atoms with Crippen LogP contribution >= 0.6 is 0 Å². The van der Waals surface area contributed by atoms with Crippen molar-refractivity contribution >= 4 is 0 Å². The molecule has 0 amide bonds. The first-order valence-corrected chi connectivity index (χ1v) is 7.72. The van der Waals surface area contributed by atoms with Crippen molar-refractivity contribution in [2.24, 2.45) is 5.92 Å². The summed E-state index contributed by atoms with van der Waals surface area (Å²) in [6.07, 6.45) is 4.94. The van der Waals surface area contributed by atoms with E-state index in [0.717, 1.165) is 19.1 Å². The molecule has 18 heavy (non-hydrogen) atoms. The lowest BCUT2D eigenvalue weighted by Crippen LogP contribution is -2.54. The van der Waals surface area contributed by atoms with E-state index >= 15 is 0 Å². The predicted octanol–water partition coefficient (Wildman–Crippen LogP) is 2.27. The number of hydrogen-bond acceptors (Lipinski definition) is 3. The van der Waals surface area contributed by atoms with Gasteiger partial charge >= 0.3 is 0 Å². The van der Waals surface area contributed by atoms with E-state index in [0.29, 0.717) is 11.6 Å². The first kappa shape index (κ1) is 14.3. The minimum Gasteiger partial charge on any atom is -0.381 e. The van der Waals surface area contributed by atoms with Crippen LogP contribution in [0.4, 0.5) is 0 Å². The summed E-state index contributed by atoms with van der Waals surface area (Å²) in [5, 5.41) is 3.75. The van der Waals surface area contributed by atoms with E-state index in [-0.39, 0.29) is 0 Å². The van der Waals surface area contributed by atoms with E-state index in [4.69, 9.17) is 4.74 Å². The van der Waals surface area contributed by atoms with Gasteiger partial charge < -0.3 is 10.1 Å². The van der Waals surface area contributed by atoms with E-state index in [1.807, 2.05) is 0 Å². The molecule has 2 aliphatic rings. The summed E-state index contributed by atoms with van der Waals surface area (Å²) >= 11 is 0. The Kier molecular flexibility index (Phi) is 5.05. The minimum atomic E-state index is 0.371. The molecule has 0 saturated carbocycles. The van der Waals surface area contributed by atoms with Gasteiger partial charge in [-0.05, 0) is 45.2 Å². The van der Waals surface area contributed by atoms with E-state index in [9.17, 15) is 0 Å². The third kappa shape index (κ3) is 3.25. The Morgan fingerprint density at radius 2 is 2.11 bits per heavy atom. The van der Waals surface area contributed by atoms with Crippen LogP contribution in [0.1, 0.15) is 46.5 Å². The summed E-state index contributed by atoms with van der Waals surface area (Å²) in [5.41, 5.74) is 0.371. The van der Waals surface area contributed by atoms with E-state index in [1.54, 1.807) is 0 Å². The van der Waals surface area contributed by atoms with Crippen LogP contribution in [0.25, 0.3) is 0 Å². The molecule has 1 N–H and O–H groups in total. The van der Waals surface area contributed by atoms with Crippen molar-refractivity contribution in [1.82, 2.24) is 10.2 Å². The van der Waals surface area contributed by atoms with Gasteiger partial charge in [-0.2, -0.15) is 0 Å². The molecular weight excluding hydrogens is 224 g/mol. The van der Waals surface area contributed by atoms with Gasteiger partial charge in [0.25, 0.3) is 0 Å². The molecule has 0 spiro atoms. The topological polar surface area (TPSA) is 24.5 Å². The molecule has 2 atom stereocenters. The van der Waals surface area contributed by atoms with Gasteiger partial charge in [-0.25, -0.2) is 0 Å². The fourth-order valence-electron chi connectivity index (χ4n) is 3.23. The summed E-state index contributed by atoms with van der Waals surface area (Å²) in [4.78, 5) is 2.74. The van der Waals surface area contributed by atoms with Crippen LogP contribution in [0.15, 0.2) is 0 Å². The Morgan fingerprint density at radius 1 is 1.39 bits per heavy atom. The van der Waals surface area contributed by atoms with Gasteiger partial charge in [0.05, 0.1) is 0 Å². The Morgan fingerprint density at radius 3 is 2.78 bits per heavy atom. The number of nitrogens with one attached hydrogen (secondary N) is 1. The first-order valence-electron chi connectivity index (χ1n) is 7.72. The van der Waals surface area contributed by atoms with E-state index < -0.39 is 0 Å². The molecule has 2 heterocycles. The molecule has 0 aromatic heterocycles. The third-order valence-corrected chi connectivity index (χ3v) is 5.09. The van der Waals surface area contributed by atoms with Crippen molar-refractivity contribution in [3.8, 4) is 0 Å². The molecule has 106 valence electrons. The molecule has 2 saturated heterocycles. The lowest BCUT2D eigenvalue weighted by molar-refractivity contribution is -0.0213. The van der Waals surface area contributed by atoms with Crippen LogP contribution in [0, 0.1) is 5.92 Å². The molecule has 0 aliphatic carbocycles. The lowest BCUT2D eigenvalue weighted by atomic mass is 9.88. The monoisotopic (exact) mass is 254 g/mol. The number of rotatable bonds is 3. The Balaban J connectivity index is 2.01. The molecule has 0 aromatic carbocycles. The van der Waals surface area contributed by atoms with Gasteiger partial charge in [0.15, 0.2) is 0 Å². The van der Waals surface area contributed by atoms with Crippen LogP contribution in [-0.4, -0.2) is 49.3 Å². The van der Waals surface area contributed by atoms with Gasteiger partial charge in [0, 0.05) is 31.3 Å². The van der Waals surface area contributed by atoms with E-state index in [2.05, 4.69) is 31.0 Å². The standard InChI is InChI=1S/C15H30N2O/c1-4-13(2)14-12-17(9-5-8-16-14)15(3)6-10-18-11-7-15/h13-14,16H,4-12H2,1-3H3. The van der Waals surface area contributed by atoms with Crippen molar-refractivity contribution < 1.29 is 4.74 Å². The SMILES string of the molecule is CCC(C)C1CN(C2(C)CCOCC2)CCCN1. The second kappa shape index (κ2) is 6.36. The minimum absolute atomic E-state index is 0.371. The summed E-state index contributed by atoms with van der Waals surface area (Å²) in [6, 6.07) is 0.664. The second-order valence-electron chi connectivity index (χ2n) is 6.36. The largest absolute Gasteiger partial charge is 0.381 e. The fraction of sp³-hybridized carbons (Fsp3) is 1.00. The normalized spacial score (nSPS) is 31.8. The molecule has 2 unspecified atom stereocenters. The maximum atomic E-state index is 5.54. The van der Waals surface area contributed by atoms with Gasteiger partial charge in [0.2, 0.25) is 0 Å². The maximum Gasteiger partial charge on any atom is 0.0483 e. The summed E-state index contributed by atoms with van der Waals surface area (Å²) in [5.74, 6) is 0.772. The highest BCUT2D eigenvalue weighted by Gasteiger charge is 2.36. The van der Waals surface area contributed by atoms with Crippen LogP contribution < -0.4 is 5.32 Å². The highest BCUT2D eigenvalue weighted by atomic mass is 16.5. The molecular formula is C15H30N2O.